The summed E-state index contributed by atoms with van der Waals surface area (Å²) in [5.41, 5.74) is 3.68. The van der Waals surface area contributed by atoms with Crippen LogP contribution in [0.3, 0.4) is 0 Å². The molecule has 0 bridgehead atoms. The van der Waals surface area contributed by atoms with Crippen molar-refractivity contribution in [2.24, 2.45) is 0 Å². The minimum atomic E-state index is -0.283. The van der Waals surface area contributed by atoms with Crippen molar-refractivity contribution in [3.8, 4) is 11.5 Å². The Labute approximate surface area is 315 Å². The van der Waals surface area contributed by atoms with E-state index in [1.165, 1.54) is 21.2 Å². The molecule has 1 aromatic heterocycles. The SMILES string of the molecule is CN(CCNCCc1ccc(O)c2c1OCC(=O)N2)C(=O)CCOCCc1cccc(CN2CCC3(CC2)CN(c2nsc4ccccc24)CCO3)c1. The summed E-state index contributed by atoms with van der Waals surface area (Å²) in [6, 6.07) is 20.6. The number of phenols is 1. The molecule has 3 N–H and O–H groups in total. The van der Waals surface area contributed by atoms with Crippen molar-refractivity contribution >= 4 is 44.9 Å². The zero-order valence-electron chi connectivity index (χ0n) is 30.5. The van der Waals surface area contributed by atoms with Crippen LogP contribution in [0.15, 0.2) is 60.7 Å². The lowest BCUT2D eigenvalue weighted by Gasteiger charge is -2.47. The molecular formula is C40H50N6O6S. The summed E-state index contributed by atoms with van der Waals surface area (Å²) < 4.78 is 23.9. The number of hydrogen-bond acceptors (Lipinski definition) is 11. The van der Waals surface area contributed by atoms with Crippen molar-refractivity contribution in [3.05, 3.63) is 77.4 Å². The van der Waals surface area contributed by atoms with Crippen LogP contribution in [0.25, 0.3) is 10.1 Å². The number of anilines is 2. The minimum absolute atomic E-state index is 0.00905. The molecule has 3 aliphatic rings. The number of phenolic OH excluding ortho intramolecular Hbond substituents is 1. The van der Waals surface area contributed by atoms with Crippen molar-refractivity contribution < 1.29 is 28.9 Å². The minimum Gasteiger partial charge on any atom is -0.506 e. The molecule has 0 unspecified atom stereocenters. The summed E-state index contributed by atoms with van der Waals surface area (Å²) in [4.78, 5) is 31.0. The van der Waals surface area contributed by atoms with Gasteiger partial charge < -0.3 is 39.8 Å². The molecular weight excluding hydrogens is 693 g/mol. The molecule has 0 saturated carbocycles. The van der Waals surface area contributed by atoms with E-state index in [9.17, 15) is 14.7 Å². The number of likely N-dealkylation sites (tertiary alicyclic amines) is 1. The maximum Gasteiger partial charge on any atom is 0.262 e. The van der Waals surface area contributed by atoms with Gasteiger partial charge in [0, 0.05) is 58.2 Å². The van der Waals surface area contributed by atoms with Crippen LogP contribution in [0.2, 0.25) is 0 Å². The Kier molecular flexibility index (Phi) is 12.1. The van der Waals surface area contributed by atoms with Gasteiger partial charge in [-0.25, -0.2) is 0 Å². The van der Waals surface area contributed by atoms with Crippen LogP contribution >= 0.6 is 11.5 Å². The number of aromatic hydroxyl groups is 1. The Morgan fingerprint density at radius 3 is 2.79 bits per heavy atom. The third-order valence-corrected chi connectivity index (χ3v) is 11.3. The third-order valence-electron chi connectivity index (χ3n) is 10.5. The number of piperidine rings is 1. The molecule has 0 radical (unpaired) electrons. The van der Waals surface area contributed by atoms with E-state index in [0.29, 0.717) is 57.1 Å². The molecule has 0 aliphatic carbocycles. The molecule has 0 atom stereocenters. The number of nitrogens with one attached hydrogen (secondary N) is 2. The highest BCUT2D eigenvalue weighted by Crippen LogP contribution is 2.39. The summed E-state index contributed by atoms with van der Waals surface area (Å²) in [5, 5.41) is 17.3. The number of carbonyl (C=O) groups excluding carboxylic acids is 2. The fraction of sp³-hybridized carbons (Fsp3) is 0.475. The van der Waals surface area contributed by atoms with Crippen molar-refractivity contribution in [1.29, 1.82) is 0 Å². The number of ether oxygens (including phenoxy) is 3. The highest BCUT2D eigenvalue weighted by molar-refractivity contribution is 7.13. The van der Waals surface area contributed by atoms with Gasteiger partial charge in [0.2, 0.25) is 5.91 Å². The first kappa shape index (κ1) is 37.1. The maximum atomic E-state index is 12.7. The van der Waals surface area contributed by atoms with Crippen LogP contribution in [0, 0.1) is 0 Å². The number of fused-ring (bicyclic) bond motifs is 2. The summed E-state index contributed by atoms with van der Waals surface area (Å²) in [6.07, 6.45) is 3.85. The Bertz CT molecular complexity index is 1880. The largest absolute Gasteiger partial charge is 0.506 e. The number of nitrogens with zero attached hydrogens (tertiary/aromatic N) is 4. The van der Waals surface area contributed by atoms with Crippen molar-refractivity contribution in [3.63, 3.8) is 0 Å². The first-order valence-electron chi connectivity index (χ1n) is 18.7. The van der Waals surface area contributed by atoms with Crippen LogP contribution in [-0.4, -0.2) is 116 Å². The third kappa shape index (κ3) is 9.28. The molecule has 1 spiro atoms. The molecule has 2 amide bonds. The molecule has 2 saturated heterocycles. The fourth-order valence-electron chi connectivity index (χ4n) is 7.46. The van der Waals surface area contributed by atoms with Gasteiger partial charge in [-0.05, 0) is 78.6 Å². The highest BCUT2D eigenvalue weighted by atomic mass is 32.1. The highest BCUT2D eigenvalue weighted by Gasteiger charge is 2.40. The molecule has 7 rings (SSSR count). The van der Waals surface area contributed by atoms with Gasteiger partial charge in [0.05, 0.1) is 36.5 Å². The van der Waals surface area contributed by atoms with E-state index >= 15 is 0 Å². The van der Waals surface area contributed by atoms with Crippen LogP contribution in [0.5, 0.6) is 11.5 Å². The second-order valence-electron chi connectivity index (χ2n) is 14.3. The quantitative estimate of drug-likeness (QED) is 0.119. The van der Waals surface area contributed by atoms with E-state index in [0.717, 1.165) is 70.0 Å². The Balaban J connectivity index is 0.766. The van der Waals surface area contributed by atoms with E-state index in [-0.39, 0.29) is 29.8 Å². The Morgan fingerprint density at radius 2 is 1.91 bits per heavy atom. The van der Waals surface area contributed by atoms with Crippen LogP contribution in [0.1, 0.15) is 36.0 Å². The normalized spacial score (nSPS) is 17.1. The van der Waals surface area contributed by atoms with Crippen LogP contribution in [0.4, 0.5) is 11.5 Å². The number of rotatable bonds is 15. The van der Waals surface area contributed by atoms with E-state index in [1.807, 2.05) is 7.05 Å². The zero-order chi connectivity index (χ0) is 36.6. The second kappa shape index (κ2) is 17.3. The van der Waals surface area contributed by atoms with Gasteiger partial charge in [0.25, 0.3) is 5.91 Å². The Hall–Kier alpha value is -4.27. The van der Waals surface area contributed by atoms with E-state index < -0.39 is 0 Å². The first-order valence-corrected chi connectivity index (χ1v) is 19.5. The van der Waals surface area contributed by atoms with E-state index in [4.69, 9.17) is 18.6 Å². The lowest BCUT2D eigenvalue weighted by molar-refractivity contribution is -0.131. The maximum absolute atomic E-state index is 12.7. The molecule has 282 valence electrons. The van der Waals surface area contributed by atoms with Crippen molar-refractivity contribution in [2.45, 2.75) is 44.2 Å². The number of amides is 2. The number of aromatic nitrogens is 1. The van der Waals surface area contributed by atoms with Gasteiger partial charge >= 0.3 is 0 Å². The molecule has 3 aromatic carbocycles. The summed E-state index contributed by atoms with van der Waals surface area (Å²) in [5.74, 6) is 1.38. The number of morpholine rings is 1. The first-order chi connectivity index (χ1) is 25.9. The van der Waals surface area contributed by atoms with Crippen LogP contribution in [-0.2, 0) is 38.4 Å². The van der Waals surface area contributed by atoms with E-state index in [2.05, 4.69) is 69.0 Å². The molecule has 4 aromatic rings. The number of carbonyl (C=O) groups is 2. The molecule has 13 heteroatoms. The van der Waals surface area contributed by atoms with Gasteiger partial charge in [-0.3, -0.25) is 14.5 Å². The van der Waals surface area contributed by atoms with Crippen molar-refractivity contribution in [1.82, 2.24) is 19.5 Å². The average molecular weight is 743 g/mol. The Morgan fingerprint density at radius 1 is 1.06 bits per heavy atom. The van der Waals surface area contributed by atoms with Gasteiger partial charge in [-0.2, -0.15) is 4.37 Å². The topological polar surface area (TPSA) is 129 Å². The van der Waals surface area contributed by atoms with Gasteiger partial charge in [-0.15, -0.1) is 0 Å². The molecule has 53 heavy (non-hydrogen) atoms. The zero-order valence-corrected chi connectivity index (χ0v) is 31.3. The second-order valence-corrected chi connectivity index (χ2v) is 15.1. The monoisotopic (exact) mass is 742 g/mol. The number of hydrogen-bond donors (Lipinski definition) is 3. The number of likely N-dealkylation sites (N-methyl/N-ethyl adjacent to an activating group) is 1. The van der Waals surface area contributed by atoms with Crippen LogP contribution < -0.4 is 20.3 Å². The predicted molar refractivity (Wildman–Crippen MR) is 207 cm³/mol. The standard InChI is InChI=1S/C40H50N6O6S/c1-44(20-17-41-16-11-31-9-10-33(47)37-38(31)51-27-35(48)42-37)36(49)13-23-50-22-12-29-5-4-6-30(25-29)26-45-18-14-40(15-19-45)28-46(21-24-52-40)39-32-7-2-3-8-34(32)53-43-39/h2-10,25,41,47H,11-24,26-28H2,1H3,(H,42,48). The van der Waals surface area contributed by atoms with Gasteiger partial charge in [0.15, 0.2) is 12.4 Å². The molecule has 4 heterocycles. The van der Waals surface area contributed by atoms with Crippen molar-refractivity contribution in [2.75, 3.05) is 89.5 Å². The molecule has 3 aliphatic heterocycles. The lowest BCUT2D eigenvalue weighted by atomic mass is 9.89. The lowest BCUT2D eigenvalue weighted by Crippen LogP contribution is -2.57. The summed E-state index contributed by atoms with van der Waals surface area (Å²) in [7, 11) is 1.81. The van der Waals surface area contributed by atoms with E-state index in [1.54, 1.807) is 28.6 Å². The summed E-state index contributed by atoms with van der Waals surface area (Å²) >= 11 is 1.58. The van der Waals surface area contributed by atoms with Gasteiger partial charge in [0.1, 0.15) is 17.3 Å². The molecule has 12 nitrogen and oxygen atoms in total. The smallest absolute Gasteiger partial charge is 0.262 e. The summed E-state index contributed by atoms with van der Waals surface area (Å²) in [6.45, 7) is 8.27. The number of benzene rings is 3. The average Bonchev–Trinajstić information content (AvgIpc) is 3.61. The fourth-order valence-corrected chi connectivity index (χ4v) is 8.26. The molecule has 2 fully saturated rings. The predicted octanol–water partition coefficient (Wildman–Crippen LogP) is 4.44. The van der Waals surface area contributed by atoms with Gasteiger partial charge in [-0.1, -0.05) is 42.5 Å².